The molecule has 0 bridgehead atoms. The van der Waals surface area contributed by atoms with E-state index in [2.05, 4.69) is 54.1 Å². The summed E-state index contributed by atoms with van der Waals surface area (Å²) in [5, 5.41) is 20.5. The van der Waals surface area contributed by atoms with Gasteiger partial charge in [-0.05, 0) is 18.4 Å². The second-order valence-corrected chi connectivity index (χ2v) is 8.14. The van der Waals surface area contributed by atoms with E-state index in [1.54, 1.807) is 11.3 Å². The van der Waals surface area contributed by atoms with E-state index >= 15 is 0 Å². The number of hydrogen-bond acceptors (Lipinski definition) is 5. The smallest absolute Gasteiger partial charge is 0.208 e. The maximum Gasteiger partial charge on any atom is 0.208 e. The predicted octanol–water partition coefficient (Wildman–Crippen LogP) is 3.90. The third-order valence-corrected chi connectivity index (χ3v) is 5.89. The lowest BCUT2D eigenvalue weighted by Gasteiger charge is -2.37. The topological polar surface area (TPSA) is 52.8 Å². The van der Waals surface area contributed by atoms with Crippen molar-refractivity contribution >= 4 is 16.5 Å². The molecule has 2 heterocycles. The summed E-state index contributed by atoms with van der Waals surface area (Å²) >= 11 is 1.67. The van der Waals surface area contributed by atoms with Crippen LogP contribution in [0, 0.1) is 11.3 Å². The van der Waals surface area contributed by atoms with Crippen LogP contribution in [0.25, 0.3) is 0 Å². The van der Waals surface area contributed by atoms with Gasteiger partial charge in [0, 0.05) is 18.5 Å². The minimum Gasteiger partial charge on any atom is -0.347 e. The van der Waals surface area contributed by atoms with Crippen molar-refractivity contribution in [1.29, 1.82) is 5.26 Å². The van der Waals surface area contributed by atoms with Gasteiger partial charge >= 0.3 is 0 Å². The van der Waals surface area contributed by atoms with Gasteiger partial charge in [-0.1, -0.05) is 62.4 Å². The summed E-state index contributed by atoms with van der Waals surface area (Å²) in [6.07, 6.45) is 1.66. The number of anilines is 1. The number of benzene rings is 1. The highest BCUT2D eigenvalue weighted by molar-refractivity contribution is 7.15. The molecule has 0 amide bonds. The highest BCUT2D eigenvalue weighted by atomic mass is 32.1. The zero-order valence-electron chi connectivity index (χ0n) is 13.9. The number of nitriles is 1. The van der Waals surface area contributed by atoms with Gasteiger partial charge in [0.05, 0.1) is 11.5 Å². The highest BCUT2D eigenvalue weighted by Gasteiger charge is 2.37. The van der Waals surface area contributed by atoms with Gasteiger partial charge in [-0.2, -0.15) is 5.26 Å². The molecule has 0 N–H and O–H groups in total. The Kier molecular flexibility index (Phi) is 4.11. The van der Waals surface area contributed by atoms with Crippen LogP contribution in [0.3, 0.4) is 0 Å². The van der Waals surface area contributed by atoms with Crippen molar-refractivity contribution in [3.63, 3.8) is 0 Å². The zero-order chi connectivity index (χ0) is 16.5. The molecule has 1 aromatic carbocycles. The Bertz CT molecular complexity index is 701. The van der Waals surface area contributed by atoms with E-state index in [9.17, 15) is 5.26 Å². The average molecular weight is 326 g/mol. The largest absolute Gasteiger partial charge is 0.347 e. The lowest BCUT2D eigenvalue weighted by molar-refractivity contribution is 0.415. The van der Waals surface area contributed by atoms with Gasteiger partial charge < -0.3 is 4.90 Å². The fourth-order valence-corrected chi connectivity index (χ4v) is 3.90. The Morgan fingerprint density at radius 2 is 1.78 bits per heavy atom. The number of aromatic nitrogens is 2. The van der Waals surface area contributed by atoms with Gasteiger partial charge in [0.1, 0.15) is 5.01 Å². The van der Waals surface area contributed by atoms with Crippen LogP contribution in [0.15, 0.2) is 30.3 Å². The zero-order valence-corrected chi connectivity index (χ0v) is 14.7. The molecule has 1 aliphatic rings. The molecule has 120 valence electrons. The number of nitrogens with zero attached hydrogens (tertiary/aromatic N) is 4. The van der Waals surface area contributed by atoms with Crippen molar-refractivity contribution in [1.82, 2.24) is 10.2 Å². The predicted molar refractivity (Wildman–Crippen MR) is 93.8 cm³/mol. The molecule has 1 saturated heterocycles. The summed E-state index contributed by atoms with van der Waals surface area (Å²) in [5.41, 5.74) is 0.802. The molecule has 1 aliphatic heterocycles. The number of rotatable bonds is 2. The van der Waals surface area contributed by atoms with Crippen LogP contribution in [0.5, 0.6) is 0 Å². The molecule has 0 atom stereocenters. The fourth-order valence-electron chi connectivity index (χ4n) is 2.95. The van der Waals surface area contributed by atoms with E-state index in [0.29, 0.717) is 0 Å². The Hall–Kier alpha value is -1.93. The normalized spacial score (nSPS) is 17.7. The van der Waals surface area contributed by atoms with Gasteiger partial charge in [-0.3, -0.25) is 0 Å². The molecule has 3 rings (SSSR count). The second-order valence-electron chi connectivity index (χ2n) is 7.19. The van der Waals surface area contributed by atoms with Crippen molar-refractivity contribution in [2.75, 3.05) is 18.0 Å². The molecule has 1 fully saturated rings. The van der Waals surface area contributed by atoms with E-state index in [-0.39, 0.29) is 10.8 Å². The van der Waals surface area contributed by atoms with Crippen molar-refractivity contribution < 1.29 is 0 Å². The summed E-state index contributed by atoms with van der Waals surface area (Å²) in [6, 6.07) is 12.7. The Morgan fingerprint density at radius 3 is 2.30 bits per heavy atom. The van der Waals surface area contributed by atoms with E-state index in [4.69, 9.17) is 0 Å². The van der Waals surface area contributed by atoms with E-state index in [0.717, 1.165) is 41.6 Å². The summed E-state index contributed by atoms with van der Waals surface area (Å²) < 4.78 is 0. The van der Waals surface area contributed by atoms with Crippen LogP contribution in [-0.2, 0) is 10.8 Å². The Morgan fingerprint density at radius 1 is 1.13 bits per heavy atom. The van der Waals surface area contributed by atoms with E-state index < -0.39 is 0 Å². The first-order chi connectivity index (χ1) is 10.9. The molecule has 1 aromatic heterocycles. The van der Waals surface area contributed by atoms with Gasteiger partial charge in [0.25, 0.3) is 0 Å². The minimum absolute atomic E-state index is 0.0339. The fraction of sp³-hybridized carbons (Fsp3) is 0.500. The van der Waals surface area contributed by atoms with Crippen LogP contribution in [0.2, 0.25) is 0 Å². The van der Waals surface area contributed by atoms with Crippen molar-refractivity contribution in [3.05, 3.63) is 40.9 Å². The van der Waals surface area contributed by atoms with Crippen LogP contribution >= 0.6 is 11.3 Å². The van der Waals surface area contributed by atoms with E-state index in [1.165, 1.54) is 0 Å². The molecule has 0 spiro atoms. The molecule has 0 radical (unpaired) electrons. The van der Waals surface area contributed by atoms with Crippen LogP contribution in [0.1, 0.15) is 44.2 Å². The third-order valence-electron chi connectivity index (χ3n) is 4.48. The second kappa shape index (κ2) is 5.93. The number of hydrogen-bond donors (Lipinski definition) is 0. The molecule has 0 unspecified atom stereocenters. The van der Waals surface area contributed by atoms with Gasteiger partial charge in [0.2, 0.25) is 5.13 Å². The van der Waals surface area contributed by atoms with Crippen molar-refractivity contribution in [3.8, 4) is 6.07 Å². The van der Waals surface area contributed by atoms with Gasteiger partial charge in [0.15, 0.2) is 0 Å². The quantitative estimate of drug-likeness (QED) is 0.840. The highest BCUT2D eigenvalue weighted by Crippen LogP contribution is 2.38. The van der Waals surface area contributed by atoms with Crippen LogP contribution in [0.4, 0.5) is 5.13 Å². The monoisotopic (exact) mass is 326 g/mol. The maximum absolute atomic E-state index is 9.77. The van der Waals surface area contributed by atoms with E-state index in [1.807, 2.05) is 18.2 Å². The molecule has 0 aliphatic carbocycles. The standard InChI is InChI=1S/C18H22N4S/c1-17(2,3)15-20-21-16(23-15)22-11-9-18(13-19,10-12-22)14-7-5-4-6-8-14/h4-8H,9-12H2,1-3H3. The molecule has 0 saturated carbocycles. The molecule has 5 heteroatoms. The molecule has 2 aromatic rings. The summed E-state index contributed by atoms with van der Waals surface area (Å²) in [6.45, 7) is 8.17. The first kappa shape index (κ1) is 15.9. The minimum atomic E-state index is -0.366. The SMILES string of the molecule is CC(C)(C)c1nnc(N2CCC(C#N)(c3ccccc3)CC2)s1. The first-order valence-corrected chi connectivity index (χ1v) is 8.82. The average Bonchev–Trinajstić information content (AvgIpc) is 3.06. The summed E-state index contributed by atoms with van der Waals surface area (Å²) in [7, 11) is 0. The van der Waals surface area contributed by atoms with Crippen LogP contribution < -0.4 is 4.90 Å². The summed E-state index contributed by atoms with van der Waals surface area (Å²) in [5.74, 6) is 0. The summed E-state index contributed by atoms with van der Waals surface area (Å²) in [4.78, 5) is 2.27. The molecular formula is C18H22N4S. The number of piperidine rings is 1. The molecular weight excluding hydrogens is 304 g/mol. The lowest BCUT2D eigenvalue weighted by Crippen LogP contribution is -2.42. The molecule has 23 heavy (non-hydrogen) atoms. The van der Waals surface area contributed by atoms with Gasteiger partial charge in [-0.25, -0.2) is 0 Å². The van der Waals surface area contributed by atoms with Crippen molar-refractivity contribution in [2.45, 2.75) is 44.4 Å². The Labute approximate surface area is 141 Å². The lowest BCUT2D eigenvalue weighted by atomic mass is 9.74. The van der Waals surface area contributed by atoms with Gasteiger partial charge in [-0.15, -0.1) is 10.2 Å². The van der Waals surface area contributed by atoms with Crippen LogP contribution in [-0.4, -0.2) is 23.3 Å². The van der Waals surface area contributed by atoms with Crippen molar-refractivity contribution in [2.24, 2.45) is 0 Å². The molecule has 4 nitrogen and oxygen atoms in total. The maximum atomic E-state index is 9.77. The Balaban J connectivity index is 1.76. The third kappa shape index (κ3) is 3.09. The first-order valence-electron chi connectivity index (χ1n) is 8.00.